The standard InChI is InChI=1S/C13H17N3O5/c17-10(18)5-4-8-3-1-2-6-16(8)12(20)9-7-14-13(21)15-11(9)19/h7-8H,1-6H2,(H,17,18)(H2,14,15,19,21)/t8-/m0/s1. The fourth-order valence-corrected chi connectivity index (χ4v) is 2.58. The van der Waals surface area contributed by atoms with Crippen molar-refractivity contribution in [2.75, 3.05) is 6.54 Å². The van der Waals surface area contributed by atoms with E-state index in [0.717, 1.165) is 25.5 Å². The Hall–Kier alpha value is -2.38. The van der Waals surface area contributed by atoms with Crippen LogP contribution >= 0.6 is 0 Å². The highest BCUT2D eigenvalue weighted by atomic mass is 16.4. The lowest BCUT2D eigenvalue weighted by atomic mass is 9.97. The van der Waals surface area contributed by atoms with Gasteiger partial charge in [-0.05, 0) is 25.7 Å². The Kier molecular flexibility index (Phi) is 4.56. The van der Waals surface area contributed by atoms with Gasteiger partial charge in [-0.15, -0.1) is 0 Å². The number of nitrogens with zero attached hydrogens (tertiary/aromatic N) is 1. The van der Waals surface area contributed by atoms with Crippen molar-refractivity contribution in [3.63, 3.8) is 0 Å². The monoisotopic (exact) mass is 295 g/mol. The topological polar surface area (TPSA) is 123 Å². The number of nitrogens with one attached hydrogen (secondary N) is 2. The Balaban J connectivity index is 2.20. The van der Waals surface area contributed by atoms with Crippen LogP contribution in [0.1, 0.15) is 42.5 Å². The van der Waals surface area contributed by atoms with Crippen LogP contribution in [0.15, 0.2) is 15.8 Å². The second-order valence-corrected chi connectivity index (χ2v) is 5.07. The van der Waals surface area contributed by atoms with Gasteiger partial charge in [0.25, 0.3) is 11.5 Å². The molecule has 1 aliphatic heterocycles. The maximum absolute atomic E-state index is 12.4. The van der Waals surface area contributed by atoms with Gasteiger partial charge in [0.1, 0.15) is 5.56 Å². The lowest BCUT2D eigenvalue weighted by Gasteiger charge is -2.35. The minimum atomic E-state index is -0.908. The number of carbonyl (C=O) groups excluding carboxylic acids is 1. The highest BCUT2D eigenvalue weighted by Gasteiger charge is 2.29. The number of H-pyrrole nitrogens is 2. The van der Waals surface area contributed by atoms with Gasteiger partial charge in [0.05, 0.1) is 0 Å². The summed E-state index contributed by atoms with van der Waals surface area (Å²) in [6.45, 7) is 0.488. The van der Waals surface area contributed by atoms with E-state index in [2.05, 4.69) is 4.98 Å². The lowest BCUT2D eigenvalue weighted by Crippen LogP contribution is -2.46. The molecule has 114 valence electrons. The number of amides is 1. The summed E-state index contributed by atoms with van der Waals surface area (Å²) in [6, 6.07) is -0.186. The van der Waals surface area contributed by atoms with E-state index in [9.17, 15) is 19.2 Å². The number of piperidine rings is 1. The Morgan fingerprint density at radius 1 is 1.33 bits per heavy atom. The van der Waals surface area contributed by atoms with Crippen molar-refractivity contribution in [2.45, 2.75) is 38.1 Å². The fourth-order valence-electron chi connectivity index (χ4n) is 2.58. The van der Waals surface area contributed by atoms with Gasteiger partial charge in [-0.3, -0.25) is 19.4 Å². The van der Waals surface area contributed by atoms with Crippen molar-refractivity contribution < 1.29 is 14.7 Å². The van der Waals surface area contributed by atoms with Crippen LogP contribution in [-0.2, 0) is 4.79 Å². The van der Waals surface area contributed by atoms with Gasteiger partial charge >= 0.3 is 11.7 Å². The van der Waals surface area contributed by atoms with Crippen LogP contribution in [0.2, 0.25) is 0 Å². The molecule has 8 heteroatoms. The van der Waals surface area contributed by atoms with Crippen LogP contribution in [0, 0.1) is 0 Å². The third-order valence-corrected chi connectivity index (χ3v) is 3.63. The first-order valence-corrected chi connectivity index (χ1v) is 6.84. The van der Waals surface area contributed by atoms with E-state index in [4.69, 9.17) is 5.11 Å². The molecule has 1 atom stereocenters. The molecule has 0 saturated carbocycles. The zero-order valence-corrected chi connectivity index (χ0v) is 11.4. The van der Waals surface area contributed by atoms with Crippen LogP contribution in [0.5, 0.6) is 0 Å². The van der Waals surface area contributed by atoms with Crippen LogP contribution in [0.3, 0.4) is 0 Å². The molecule has 8 nitrogen and oxygen atoms in total. The van der Waals surface area contributed by atoms with E-state index in [1.165, 1.54) is 4.90 Å². The molecule has 0 radical (unpaired) electrons. The average molecular weight is 295 g/mol. The maximum Gasteiger partial charge on any atom is 0.325 e. The summed E-state index contributed by atoms with van der Waals surface area (Å²) in [4.78, 5) is 51.6. The summed E-state index contributed by atoms with van der Waals surface area (Å²) in [5.74, 6) is -1.38. The van der Waals surface area contributed by atoms with Gasteiger partial charge < -0.3 is 15.0 Å². The number of aromatic amines is 2. The Bertz CT molecular complexity index is 648. The van der Waals surface area contributed by atoms with Crippen molar-refractivity contribution in [1.29, 1.82) is 0 Å². The first-order chi connectivity index (χ1) is 9.99. The van der Waals surface area contributed by atoms with Crippen LogP contribution in [-0.4, -0.2) is 44.4 Å². The molecular formula is C13H17N3O5. The van der Waals surface area contributed by atoms with Crippen molar-refractivity contribution in [3.05, 3.63) is 32.6 Å². The van der Waals surface area contributed by atoms with E-state index < -0.39 is 23.1 Å². The molecule has 1 aromatic rings. The number of rotatable bonds is 4. The number of aliphatic carboxylic acids is 1. The first-order valence-electron chi connectivity index (χ1n) is 6.84. The zero-order valence-electron chi connectivity index (χ0n) is 11.4. The molecule has 0 unspecified atom stereocenters. The fraction of sp³-hybridized carbons (Fsp3) is 0.538. The molecule has 1 aromatic heterocycles. The predicted molar refractivity (Wildman–Crippen MR) is 73.2 cm³/mol. The third-order valence-electron chi connectivity index (χ3n) is 3.63. The van der Waals surface area contributed by atoms with Crippen molar-refractivity contribution in [3.8, 4) is 0 Å². The second-order valence-electron chi connectivity index (χ2n) is 5.07. The summed E-state index contributed by atoms with van der Waals surface area (Å²) in [5, 5.41) is 8.76. The zero-order chi connectivity index (χ0) is 15.4. The number of hydrogen-bond donors (Lipinski definition) is 3. The number of carbonyl (C=O) groups is 2. The number of carboxylic acid groups (broad SMARTS) is 1. The summed E-state index contributed by atoms with van der Waals surface area (Å²) < 4.78 is 0. The van der Waals surface area contributed by atoms with Crippen molar-refractivity contribution >= 4 is 11.9 Å². The number of likely N-dealkylation sites (tertiary alicyclic amines) is 1. The van der Waals surface area contributed by atoms with Crippen LogP contribution in [0.25, 0.3) is 0 Å². The quantitative estimate of drug-likeness (QED) is 0.717. The molecule has 0 aromatic carbocycles. The molecule has 2 rings (SSSR count). The molecule has 0 bridgehead atoms. The average Bonchev–Trinajstić information content (AvgIpc) is 2.45. The first kappa shape index (κ1) is 15.0. The molecule has 3 N–H and O–H groups in total. The minimum absolute atomic E-state index is 0.0174. The Labute approximate surface area is 119 Å². The van der Waals surface area contributed by atoms with Crippen LogP contribution in [0.4, 0.5) is 0 Å². The van der Waals surface area contributed by atoms with Crippen molar-refractivity contribution in [2.24, 2.45) is 0 Å². The molecule has 21 heavy (non-hydrogen) atoms. The van der Waals surface area contributed by atoms with Gasteiger partial charge in [-0.1, -0.05) is 0 Å². The Morgan fingerprint density at radius 3 is 2.76 bits per heavy atom. The summed E-state index contributed by atoms with van der Waals surface area (Å²) in [5.41, 5.74) is -1.53. The SMILES string of the molecule is O=C(O)CC[C@@H]1CCCCN1C(=O)c1c[nH]c(=O)[nH]c1=O. The van der Waals surface area contributed by atoms with Gasteiger partial charge in [0.2, 0.25) is 0 Å². The molecule has 2 heterocycles. The molecule has 1 aliphatic rings. The summed E-state index contributed by atoms with van der Waals surface area (Å²) in [6.07, 6.45) is 3.91. The largest absolute Gasteiger partial charge is 0.481 e. The van der Waals surface area contributed by atoms with Gasteiger partial charge in [-0.2, -0.15) is 0 Å². The normalized spacial score (nSPS) is 18.5. The van der Waals surface area contributed by atoms with E-state index in [1.807, 2.05) is 4.98 Å². The Morgan fingerprint density at radius 2 is 2.10 bits per heavy atom. The number of hydrogen-bond acceptors (Lipinski definition) is 4. The van der Waals surface area contributed by atoms with Crippen LogP contribution < -0.4 is 11.2 Å². The van der Waals surface area contributed by atoms with E-state index in [-0.39, 0.29) is 18.0 Å². The minimum Gasteiger partial charge on any atom is -0.481 e. The lowest BCUT2D eigenvalue weighted by molar-refractivity contribution is -0.137. The number of carboxylic acids is 1. The molecule has 1 fully saturated rings. The van der Waals surface area contributed by atoms with Gasteiger partial charge in [0.15, 0.2) is 0 Å². The smallest absolute Gasteiger partial charge is 0.325 e. The molecule has 0 spiro atoms. The summed E-state index contributed by atoms with van der Waals surface area (Å²) >= 11 is 0. The van der Waals surface area contributed by atoms with Gasteiger partial charge in [-0.25, -0.2) is 4.79 Å². The van der Waals surface area contributed by atoms with E-state index in [1.54, 1.807) is 0 Å². The molecule has 1 amide bonds. The number of aromatic nitrogens is 2. The second kappa shape index (κ2) is 6.38. The highest BCUT2D eigenvalue weighted by molar-refractivity contribution is 5.93. The molecule has 0 aliphatic carbocycles. The van der Waals surface area contributed by atoms with E-state index in [0.29, 0.717) is 13.0 Å². The molecular weight excluding hydrogens is 278 g/mol. The van der Waals surface area contributed by atoms with Gasteiger partial charge in [0, 0.05) is 25.2 Å². The molecule has 1 saturated heterocycles. The van der Waals surface area contributed by atoms with Crippen molar-refractivity contribution in [1.82, 2.24) is 14.9 Å². The highest BCUT2D eigenvalue weighted by Crippen LogP contribution is 2.22. The maximum atomic E-state index is 12.4. The predicted octanol–water partition coefficient (Wildman–Crippen LogP) is -0.0773. The third kappa shape index (κ3) is 3.59. The summed E-state index contributed by atoms with van der Waals surface area (Å²) in [7, 11) is 0. The van der Waals surface area contributed by atoms with E-state index >= 15 is 0 Å².